The Labute approximate surface area is 144 Å². The average molecular weight is 335 g/mol. The van der Waals surface area contributed by atoms with Gasteiger partial charge < -0.3 is 15.4 Å². The minimum absolute atomic E-state index is 0.0175. The third kappa shape index (κ3) is 8.50. The van der Waals surface area contributed by atoms with E-state index in [1.165, 1.54) is 0 Å². The maximum Gasteiger partial charge on any atom is 0.407 e. The van der Waals surface area contributed by atoms with Crippen molar-refractivity contribution >= 4 is 17.7 Å². The number of nitrogens with one attached hydrogen (secondary N) is 2. The molecule has 0 saturated carbocycles. The molecular weight excluding hydrogens is 306 g/mol. The molecule has 0 aliphatic carbocycles. The Bertz CT molecular complexity index is 533. The number of pyridine rings is 1. The maximum atomic E-state index is 12.1. The molecule has 0 fully saturated rings. The standard InChI is InChI=1S/C18H29N3O3/c1-13(2)11-20-16-9-8-14(12-21-16)15(22)7-6-10-19-17(23)24-18(3,4)5/h8-9,12-13H,6-7,10-11H2,1-5H3,(H,19,23)(H,20,21). The van der Waals surface area contributed by atoms with Crippen molar-refractivity contribution in [3.63, 3.8) is 0 Å². The molecule has 2 N–H and O–H groups in total. The monoisotopic (exact) mass is 335 g/mol. The van der Waals surface area contributed by atoms with E-state index in [-0.39, 0.29) is 5.78 Å². The van der Waals surface area contributed by atoms with E-state index in [1.54, 1.807) is 12.3 Å². The van der Waals surface area contributed by atoms with Gasteiger partial charge in [-0.1, -0.05) is 13.8 Å². The Kier molecular flexibility index (Phi) is 7.68. The summed E-state index contributed by atoms with van der Waals surface area (Å²) in [6.07, 6.45) is 2.05. The van der Waals surface area contributed by atoms with Crippen LogP contribution in [0.25, 0.3) is 0 Å². The number of alkyl carbamates (subject to hydrolysis) is 1. The Morgan fingerprint density at radius 2 is 1.96 bits per heavy atom. The number of anilines is 1. The second-order valence-corrected chi connectivity index (χ2v) is 7.16. The first kappa shape index (κ1) is 19.9. The van der Waals surface area contributed by atoms with Crippen LogP contribution in [-0.4, -0.2) is 35.6 Å². The molecule has 0 aromatic carbocycles. The van der Waals surface area contributed by atoms with Crippen molar-refractivity contribution in [1.29, 1.82) is 0 Å². The molecule has 0 spiro atoms. The summed E-state index contributed by atoms with van der Waals surface area (Å²) in [5.41, 5.74) is 0.0686. The van der Waals surface area contributed by atoms with Crippen LogP contribution in [0, 0.1) is 5.92 Å². The number of carbonyl (C=O) groups is 2. The number of hydrogen-bond acceptors (Lipinski definition) is 5. The van der Waals surface area contributed by atoms with E-state index in [9.17, 15) is 9.59 Å². The molecule has 1 aromatic heterocycles. The molecule has 0 atom stereocenters. The molecule has 0 radical (unpaired) electrons. The van der Waals surface area contributed by atoms with Crippen LogP contribution in [0.1, 0.15) is 57.8 Å². The lowest BCUT2D eigenvalue weighted by molar-refractivity contribution is 0.0525. The van der Waals surface area contributed by atoms with E-state index in [0.717, 1.165) is 12.4 Å². The zero-order valence-corrected chi connectivity index (χ0v) is 15.3. The van der Waals surface area contributed by atoms with Gasteiger partial charge in [0.05, 0.1) is 0 Å². The van der Waals surface area contributed by atoms with Gasteiger partial charge in [-0.05, 0) is 45.2 Å². The van der Waals surface area contributed by atoms with Gasteiger partial charge in [-0.25, -0.2) is 9.78 Å². The van der Waals surface area contributed by atoms with Gasteiger partial charge in [0.15, 0.2) is 5.78 Å². The van der Waals surface area contributed by atoms with Crippen LogP contribution >= 0.6 is 0 Å². The van der Waals surface area contributed by atoms with Crippen molar-refractivity contribution < 1.29 is 14.3 Å². The van der Waals surface area contributed by atoms with Gasteiger partial charge in [0.1, 0.15) is 11.4 Å². The summed E-state index contributed by atoms with van der Waals surface area (Å²) in [6, 6.07) is 3.59. The van der Waals surface area contributed by atoms with E-state index < -0.39 is 11.7 Å². The SMILES string of the molecule is CC(C)CNc1ccc(C(=O)CCCNC(=O)OC(C)(C)C)cn1. The minimum Gasteiger partial charge on any atom is -0.444 e. The summed E-state index contributed by atoms with van der Waals surface area (Å²) in [4.78, 5) is 27.8. The summed E-state index contributed by atoms with van der Waals surface area (Å²) < 4.78 is 5.13. The highest BCUT2D eigenvalue weighted by Crippen LogP contribution is 2.09. The van der Waals surface area contributed by atoms with E-state index in [2.05, 4.69) is 29.5 Å². The number of aromatic nitrogens is 1. The van der Waals surface area contributed by atoms with Crippen LogP contribution < -0.4 is 10.6 Å². The number of amides is 1. The number of ether oxygens (including phenoxy) is 1. The Balaban J connectivity index is 2.31. The molecule has 1 aromatic rings. The summed E-state index contributed by atoms with van der Waals surface area (Å²) in [5.74, 6) is 1.32. The summed E-state index contributed by atoms with van der Waals surface area (Å²) in [5, 5.41) is 5.85. The van der Waals surface area contributed by atoms with Gasteiger partial charge in [-0.15, -0.1) is 0 Å². The van der Waals surface area contributed by atoms with Crippen LogP contribution in [0.2, 0.25) is 0 Å². The molecule has 6 heteroatoms. The van der Waals surface area contributed by atoms with Crippen molar-refractivity contribution in [1.82, 2.24) is 10.3 Å². The topological polar surface area (TPSA) is 80.3 Å². The fourth-order valence-corrected chi connectivity index (χ4v) is 1.87. The first-order valence-electron chi connectivity index (χ1n) is 8.37. The molecule has 0 unspecified atom stereocenters. The Hall–Kier alpha value is -2.11. The van der Waals surface area contributed by atoms with Gasteiger partial charge in [0, 0.05) is 31.3 Å². The fourth-order valence-electron chi connectivity index (χ4n) is 1.87. The second-order valence-electron chi connectivity index (χ2n) is 7.16. The van der Waals surface area contributed by atoms with E-state index >= 15 is 0 Å². The normalized spacial score (nSPS) is 11.2. The van der Waals surface area contributed by atoms with Crippen molar-refractivity contribution in [2.24, 2.45) is 5.92 Å². The van der Waals surface area contributed by atoms with Crippen LogP contribution in [0.4, 0.5) is 10.6 Å². The maximum absolute atomic E-state index is 12.1. The van der Waals surface area contributed by atoms with Crippen molar-refractivity contribution in [2.75, 3.05) is 18.4 Å². The number of nitrogens with zero attached hydrogens (tertiary/aromatic N) is 1. The number of rotatable bonds is 8. The Morgan fingerprint density at radius 3 is 2.50 bits per heavy atom. The predicted octanol–water partition coefficient (Wildman–Crippen LogP) is 3.64. The first-order chi connectivity index (χ1) is 11.2. The fraction of sp³-hybridized carbons (Fsp3) is 0.611. The van der Waals surface area contributed by atoms with Crippen molar-refractivity contribution in [3.05, 3.63) is 23.9 Å². The summed E-state index contributed by atoms with van der Waals surface area (Å²) in [6.45, 7) is 10.9. The smallest absolute Gasteiger partial charge is 0.407 e. The van der Waals surface area contributed by atoms with E-state index in [1.807, 2.05) is 26.8 Å². The molecule has 0 bridgehead atoms. The molecule has 24 heavy (non-hydrogen) atoms. The first-order valence-corrected chi connectivity index (χ1v) is 8.37. The molecule has 134 valence electrons. The molecule has 1 amide bonds. The Morgan fingerprint density at radius 1 is 1.25 bits per heavy atom. The van der Waals surface area contributed by atoms with Gasteiger partial charge in [0.25, 0.3) is 0 Å². The quantitative estimate of drug-likeness (QED) is 0.560. The van der Waals surface area contributed by atoms with Crippen LogP contribution in [0.5, 0.6) is 0 Å². The number of ketones is 1. The molecule has 1 heterocycles. The zero-order chi connectivity index (χ0) is 18.2. The van der Waals surface area contributed by atoms with Crippen LogP contribution in [0.3, 0.4) is 0 Å². The highest BCUT2D eigenvalue weighted by atomic mass is 16.6. The van der Waals surface area contributed by atoms with Crippen molar-refractivity contribution in [2.45, 2.75) is 53.1 Å². The molecule has 1 rings (SSSR count). The third-order valence-corrected chi connectivity index (χ3v) is 3.03. The molecule has 0 saturated heterocycles. The van der Waals surface area contributed by atoms with E-state index in [0.29, 0.717) is 30.9 Å². The lowest BCUT2D eigenvalue weighted by Crippen LogP contribution is -2.33. The zero-order valence-electron chi connectivity index (χ0n) is 15.3. The van der Waals surface area contributed by atoms with Crippen LogP contribution in [0.15, 0.2) is 18.3 Å². The lowest BCUT2D eigenvalue weighted by atomic mass is 10.1. The van der Waals surface area contributed by atoms with Crippen LogP contribution in [-0.2, 0) is 4.74 Å². The van der Waals surface area contributed by atoms with Gasteiger partial charge in [-0.3, -0.25) is 4.79 Å². The molecule has 6 nitrogen and oxygen atoms in total. The minimum atomic E-state index is -0.517. The number of Topliss-reactive ketones (excluding diaryl/α,β-unsaturated/α-hetero) is 1. The third-order valence-electron chi connectivity index (χ3n) is 3.03. The van der Waals surface area contributed by atoms with E-state index in [4.69, 9.17) is 4.74 Å². The van der Waals surface area contributed by atoms with Crippen molar-refractivity contribution in [3.8, 4) is 0 Å². The lowest BCUT2D eigenvalue weighted by Gasteiger charge is -2.19. The molecule has 0 aliphatic heterocycles. The highest BCUT2D eigenvalue weighted by Gasteiger charge is 2.15. The molecule has 0 aliphatic rings. The summed E-state index contributed by atoms with van der Waals surface area (Å²) >= 11 is 0. The van der Waals surface area contributed by atoms with Gasteiger partial charge in [0.2, 0.25) is 0 Å². The molecular formula is C18H29N3O3. The average Bonchev–Trinajstić information content (AvgIpc) is 2.48. The number of carbonyl (C=O) groups excluding carboxylic acids is 2. The highest BCUT2D eigenvalue weighted by molar-refractivity contribution is 5.95. The largest absolute Gasteiger partial charge is 0.444 e. The summed E-state index contributed by atoms with van der Waals surface area (Å²) in [7, 11) is 0. The van der Waals surface area contributed by atoms with Gasteiger partial charge >= 0.3 is 6.09 Å². The predicted molar refractivity (Wildman–Crippen MR) is 95.4 cm³/mol. The second kappa shape index (κ2) is 9.25. The van der Waals surface area contributed by atoms with Gasteiger partial charge in [-0.2, -0.15) is 0 Å². The number of hydrogen-bond donors (Lipinski definition) is 2.